The van der Waals surface area contributed by atoms with Crippen LogP contribution in [0.5, 0.6) is 0 Å². The molecule has 26 heavy (non-hydrogen) atoms. The van der Waals surface area contributed by atoms with Gasteiger partial charge in [-0.1, -0.05) is 36.0 Å². The molecule has 1 heterocycles. The molecule has 1 aromatic heterocycles. The van der Waals surface area contributed by atoms with Gasteiger partial charge in [-0.3, -0.25) is 4.79 Å². The molecule has 7 heteroatoms. The summed E-state index contributed by atoms with van der Waals surface area (Å²) in [7, 11) is 1.92. The first-order chi connectivity index (χ1) is 12.5. The van der Waals surface area contributed by atoms with E-state index in [4.69, 9.17) is 0 Å². The predicted molar refractivity (Wildman–Crippen MR) is 114 cm³/mol. The van der Waals surface area contributed by atoms with Gasteiger partial charge in [-0.25, -0.2) is 0 Å². The highest BCUT2D eigenvalue weighted by Gasteiger charge is 2.14. The van der Waals surface area contributed by atoms with Crippen LogP contribution in [0.25, 0.3) is 11.4 Å². The van der Waals surface area contributed by atoms with Crippen molar-refractivity contribution in [3.8, 4) is 11.4 Å². The summed E-state index contributed by atoms with van der Waals surface area (Å²) in [5.41, 5.74) is 4.09. The number of nitrogens with zero attached hydrogens (tertiary/aromatic N) is 3. The molecule has 1 N–H and O–H groups in total. The molecule has 0 spiro atoms. The highest BCUT2D eigenvalue weighted by atomic mass is 127. The number of thioether (sulfide) groups is 1. The number of aryl methyl sites for hydroxylation is 2. The van der Waals surface area contributed by atoms with Crippen molar-refractivity contribution < 1.29 is 4.79 Å². The van der Waals surface area contributed by atoms with E-state index >= 15 is 0 Å². The molecule has 0 atom stereocenters. The number of amides is 1. The van der Waals surface area contributed by atoms with Crippen LogP contribution < -0.4 is 5.32 Å². The molecule has 1 amide bonds. The first-order valence-corrected chi connectivity index (χ1v) is 10.2. The third kappa shape index (κ3) is 4.27. The molecular formula is C19H19IN4OS. The van der Waals surface area contributed by atoms with Crippen LogP contribution in [0.4, 0.5) is 5.69 Å². The van der Waals surface area contributed by atoms with E-state index in [-0.39, 0.29) is 11.7 Å². The predicted octanol–water partition coefficient (Wildman–Crippen LogP) is 4.43. The van der Waals surface area contributed by atoms with Crippen LogP contribution in [0.3, 0.4) is 0 Å². The molecule has 3 aromatic rings. The van der Waals surface area contributed by atoms with Gasteiger partial charge in [-0.2, -0.15) is 0 Å². The van der Waals surface area contributed by atoms with Gasteiger partial charge < -0.3 is 9.88 Å². The largest absolute Gasteiger partial charge is 0.325 e. The fraction of sp³-hybridized carbons (Fsp3) is 0.211. The van der Waals surface area contributed by atoms with E-state index in [0.29, 0.717) is 0 Å². The number of rotatable bonds is 5. The number of anilines is 1. The van der Waals surface area contributed by atoms with E-state index in [2.05, 4.69) is 38.1 Å². The molecule has 0 bridgehead atoms. The molecule has 0 aliphatic heterocycles. The normalized spacial score (nSPS) is 10.8. The summed E-state index contributed by atoms with van der Waals surface area (Å²) in [6.45, 7) is 4.04. The van der Waals surface area contributed by atoms with E-state index in [1.54, 1.807) is 0 Å². The number of nitrogens with one attached hydrogen (secondary N) is 1. The van der Waals surface area contributed by atoms with Gasteiger partial charge in [0.1, 0.15) is 0 Å². The van der Waals surface area contributed by atoms with Crippen LogP contribution in [-0.2, 0) is 11.8 Å². The topological polar surface area (TPSA) is 59.8 Å². The van der Waals surface area contributed by atoms with Crippen molar-refractivity contribution >= 4 is 45.9 Å². The Morgan fingerprint density at radius 1 is 1.15 bits per heavy atom. The van der Waals surface area contributed by atoms with E-state index < -0.39 is 0 Å². The third-order valence-corrected chi connectivity index (χ3v) is 5.71. The van der Waals surface area contributed by atoms with Gasteiger partial charge in [-0.15, -0.1) is 10.2 Å². The molecule has 0 unspecified atom stereocenters. The highest BCUT2D eigenvalue weighted by molar-refractivity contribution is 14.1. The Morgan fingerprint density at radius 2 is 1.92 bits per heavy atom. The highest BCUT2D eigenvalue weighted by Crippen LogP contribution is 2.25. The van der Waals surface area contributed by atoms with Crippen LogP contribution >= 0.6 is 34.4 Å². The lowest BCUT2D eigenvalue weighted by Crippen LogP contribution is -2.15. The second kappa shape index (κ2) is 8.22. The number of carbonyl (C=O) groups is 1. The Morgan fingerprint density at radius 3 is 2.65 bits per heavy atom. The maximum atomic E-state index is 12.3. The summed E-state index contributed by atoms with van der Waals surface area (Å²) < 4.78 is 3.08. The smallest absolute Gasteiger partial charge is 0.234 e. The number of carbonyl (C=O) groups excluding carboxylic acids is 1. The molecular weight excluding hydrogens is 459 g/mol. The minimum Gasteiger partial charge on any atom is -0.325 e. The lowest BCUT2D eigenvalue weighted by Gasteiger charge is -2.09. The summed E-state index contributed by atoms with van der Waals surface area (Å²) >= 11 is 3.64. The van der Waals surface area contributed by atoms with Crippen molar-refractivity contribution in [1.29, 1.82) is 0 Å². The number of halogens is 1. The zero-order chi connectivity index (χ0) is 18.7. The van der Waals surface area contributed by atoms with Gasteiger partial charge in [0.25, 0.3) is 0 Å². The molecule has 0 radical (unpaired) electrons. The summed E-state index contributed by atoms with van der Waals surface area (Å²) in [6.07, 6.45) is 0. The van der Waals surface area contributed by atoms with Crippen LogP contribution in [0.1, 0.15) is 11.1 Å². The van der Waals surface area contributed by atoms with Crippen molar-refractivity contribution in [2.45, 2.75) is 19.0 Å². The molecule has 0 aliphatic rings. The minimum atomic E-state index is -0.0558. The van der Waals surface area contributed by atoms with E-state index in [1.165, 1.54) is 11.8 Å². The molecule has 5 nitrogen and oxygen atoms in total. The minimum absolute atomic E-state index is 0.0558. The maximum absolute atomic E-state index is 12.3. The Bertz CT molecular complexity index is 954. The molecule has 0 fully saturated rings. The SMILES string of the molecule is Cc1cc(I)ccc1NC(=O)CSc1nnc(-c2ccccc2C)n1C. The second-order valence-corrected chi connectivity index (χ2v) is 8.16. The Balaban J connectivity index is 1.67. The van der Waals surface area contributed by atoms with E-state index in [9.17, 15) is 4.79 Å². The summed E-state index contributed by atoms with van der Waals surface area (Å²) in [4.78, 5) is 12.3. The average Bonchev–Trinajstić information content (AvgIpc) is 2.97. The maximum Gasteiger partial charge on any atom is 0.234 e. The van der Waals surface area contributed by atoms with Gasteiger partial charge in [0.2, 0.25) is 5.91 Å². The lowest BCUT2D eigenvalue weighted by molar-refractivity contribution is -0.113. The van der Waals surface area contributed by atoms with Crippen LogP contribution in [0.2, 0.25) is 0 Å². The lowest BCUT2D eigenvalue weighted by atomic mass is 10.1. The zero-order valence-electron chi connectivity index (χ0n) is 14.8. The quantitative estimate of drug-likeness (QED) is 0.436. The Labute approximate surface area is 170 Å². The van der Waals surface area contributed by atoms with Gasteiger partial charge in [0, 0.05) is 21.9 Å². The van der Waals surface area contributed by atoms with Crippen molar-refractivity contribution in [1.82, 2.24) is 14.8 Å². The molecule has 134 valence electrons. The molecule has 0 saturated carbocycles. The average molecular weight is 478 g/mol. The van der Waals surface area contributed by atoms with Crippen LogP contribution in [0, 0.1) is 17.4 Å². The summed E-state index contributed by atoms with van der Waals surface area (Å²) in [5.74, 6) is 1.03. The number of hydrogen-bond acceptors (Lipinski definition) is 4. The van der Waals surface area contributed by atoms with Crippen molar-refractivity contribution in [3.05, 3.63) is 57.2 Å². The van der Waals surface area contributed by atoms with E-state index in [0.717, 1.165) is 36.9 Å². The zero-order valence-corrected chi connectivity index (χ0v) is 17.8. The Hall–Kier alpha value is -1.87. The molecule has 3 rings (SSSR count). The fourth-order valence-electron chi connectivity index (χ4n) is 2.58. The number of aromatic nitrogens is 3. The van der Waals surface area contributed by atoms with Crippen molar-refractivity contribution in [3.63, 3.8) is 0 Å². The van der Waals surface area contributed by atoms with Gasteiger partial charge in [-0.05, 0) is 65.8 Å². The summed E-state index contributed by atoms with van der Waals surface area (Å²) in [6, 6.07) is 14.0. The first-order valence-electron chi connectivity index (χ1n) is 8.10. The monoisotopic (exact) mass is 478 g/mol. The van der Waals surface area contributed by atoms with E-state index in [1.807, 2.05) is 67.9 Å². The number of benzene rings is 2. The van der Waals surface area contributed by atoms with Gasteiger partial charge in [0.15, 0.2) is 11.0 Å². The standard InChI is InChI=1S/C19H19IN4OS/c1-12-6-4-5-7-15(12)18-22-23-19(24(18)3)26-11-17(25)21-16-9-8-14(20)10-13(16)2/h4-10H,11H2,1-3H3,(H,21,25). The van der Waals surface area contributed by atoms with Gasteiger partial charge >= 0.3 is 0 Å². The molecule has 0 saturated heterocycles. The number of hydrogen-bond donors (Lipinski definition) is 1. The molecule has 0 aliphatic carbocycles. The van der Waals surface area contributed by atoms with Gasteiger partial charge in [0.05, 0.1) is 5.75 Å². The van der Waals surface area contributed by atoms with Crippen molar-refractivity contribution in [2.75, 3.05) is 11.1 Å². The summed E-state index contributed by atoms with van der Waals surface area (Å²) in [5, 5.41) is 12.2. The van der Waals surface area contributed by atoms with Crippen LogP contribution in [0.15, 0.2) is 47.6 Å². The van der Waals surface area contributed by atoms with Crippen LogP contribution in [-0.4, -0.2) is 26.4 Å². The second-order valence-electron chi connectivity index (χ2n) is 5.98. The third-order valence-electron chi connectivity index (χ3n) is 4.02. The first kappa shape index (κ1) is 18.9. The molecule has 2 aromatic carbocycles. The Kier molecular flexibility index (Phi) is 5.98. The van der Waals surface area contributed by atoms with Crippen molar-refractivity contribution in [2.24, 2.45) is 7.05 Å². The fourth-order valence-corrected chi connectivity index (χ4v) is 3.94.